The summed E-state index contributed by atoms with van der Waals surface area (Å²) in [5.74, 6) is -0.0520. The van der Waals surface area contributed by atoms with Crippen LogP contribution in [0.25, 0.3) is 0 Å². The van der Waals surface area contributed by atoms with Crippen molar-refractivity contribution in [3.05, 3.63) is 29.0 Å². The van der Waals surface area contributed by atoms with Crippen molar-refractivity contribution in [3.63, 3.8) is 0 Å². The van der Waals surface area contributed by atoms with Crippen LogP contribution in [-0.2, 0) is 0 Å². The minimum atomic E-state index is -0.426. The van der Waals surface area contributed by atoms with Gasteiger partial charge in [0.05, 0.1) is 11.1 Å². The third kappa shape index (κ3) is 3.68. The van der Waals surface area contributed by atoms with Crippen molar-refractivity contribution in [1.82, 2.24) is 10.3 Å². The SMILES string of the molecule is N#CC(NC(=O)c1ccc(Cl)cn1)C1CCCCC1. The number of nitrogens with one attached hydrogen (secondary N) is 1. The molecule has 4 nitrogen and oxygen atoms in total. The lowest BCUT2D eigenvalue weighted by Gasteiger charge is -2.26. The molecule has 1 amide bonds. The summed E-state index contributed by atoms with van der Waals surface area (Å²) in [5, 5.41) is 12.5. The Balaban J connectivity index is 1.99. The molecule has 1 aromatic rings. The number of halogens is 1. The highest BCUT2D eigenvalue weighted by Crippen LogP contribution is 2.26. The zero-order chi connectivity index (χ0) is 13.7. The molecule has 1 aliphatic rings. The maximum absolute atomic E-state index is 12.0. The van der Waals surface area contributed by atoms with Crippen LogP contribution in [0.5, 0.6) is 0 Å². The molecule has 19 heavy (non-hydrogen) atoms. The van der Waals surface area contributed by atoms with Gasteiger partial charge in [0.15, 0.2) is 0 Å². The second-order valence-corrected chi connectivity index (χ2v) is 5.28. The monoisotopic (exact) mass is 277 g/mol. The first-order valence-electron chi connectivity index (χ1n) is 6.53. The van der Waals surface area contributed by atoms with Crippen molar-refractivity contribution in [1.29, 1.82) is 5.26 Å². The van der Waals surface area contributed by atoms with E-state index in [2.05, 4.69) is 16.4 Å². The number of pyridine rings is 1. The van der Waals surface area contributed by atoms with Crippen molar-refractivity contribution in [2.75, 3.05) is 0 Å². The second kappa shape index (κ2) is 6.53. The molecule has 0 bridgehead atoms. The molecule has 5 heteroatoms. The average molecular weight is 278 g/mol. The van der Waals surface area contributed by atoms with E-state index in [1.807, 2.05) is 0 Å². The summed E-state index contributed by atoms with van der Waals surface area (Å²) >= 11 is 5.72. The van der Waals surface area contributed by atoms with Gasteiger partial charge in [0, 0.05) is 6.20 Å². The van der Waals surface area contributed by atoms with Gasteiger partial charge in [-0.05, 0) is 30.9 Å². The fourth-order valence-corrected chi connectivity index (χ4v) is 2.56. The van der Waals surface area contributed by atoms with E-state index >= 15 is 0 Å². The highest BCUT2D eigenvalue weighted by Gasteiger charge is 2.25. The lowest BCUT2D eigenvalue weighted by molar-refractivity contribution is 0.0924. The third-order valence-corrected chi connectivity index (χ3v) is 3.73. The number of carbonyl (C=O) groups excluding carboxylic acids is 1. The van der Waals surface area contributed by atoms with Gasteiger partial charge in [-0.3, -0.25) is 4.79 Å². The molecule has 1 unspecified atom stereocenters. The molecule has 0 radical (unpaired) electrons. The lowest BCUT2D eigenvalue weighted by Crippen LogP contribution is -2.40. The number of carbonyl (C=O) groups is 1. The summed E-state index contributed by atoms with van der Waals surface area (Å²) in [5.41, 5.74) is 0.292. The number of hydrogen-bond acceptors (Lipinski definition) is 3. The van der Waals surface area contributed by atoms with E-state index in [0.717, 1.165) is 25.7 Å². The Labute approximate surface area is 117 Å². The smallest absolute Gasteiger partial charge is 0.270 e. The maximum Gasteiger partial charge on any atom is 0.270 e. The van der Waals surface area contributed by atoms with Crippen molar-refractivity contribution in [3.8, 4) is 6.07 Å². The summed E-state index contributed by atoms with van der Waals surface area (Å²) < 4.78 is 0. The number of amides is 1. The lowest BCUT2D eigenvalue weighted by atomic mass is 9.84. The van der Waals surface area contributed by atoms with Crippen molar-refractivity contribution in [2.45, 2.75) is 38.1 Å². The van der Waals surface area contributed by atoms with Gasteiger partial charge in [-0.1, -0.05) is 30.9 Å². The summed E-state index contributed by atoms with van der Waals surface area (Å²) in [6.45, 7) is 0. The van der Waals surface area contributed by atoms with Crippen LogP contribution in [0.3, 0.4) is 0 Å². The van der Waals surface area contributed by atoms with Gasteiger partial charge in [-0.15, -0.1) is 0 Å². The van der Waals surface area contributed by atoms with Crippen LogP contribution in [0.2, 0.25) is 5.02 Å². The second-order valence-electron chi connectivity index (χ2n) is 4.84. The Hall–Kier alpha value is -1.60. The summed E-state index contributed by atoms with van der Waals surface area (Å²) in [6, 6.07) is 4.95. The third-order valence-electron chi connectivity index (χ3n) is 3.51. The van der Waals surface area contributed by atoms with Gasteiger partial charge in [0.2, 0.25) is 0 Å². The predicted octanol–water partition coefficient (Wildman–Crippen LogP) is 2.94. The summed E-state index contributed by atoms with van der Waals surface area (Å²) in [6.07, 6.45) is 6.94. The summed E-state index contributed by atoms with van der Waals surface area (Å²) in [7, 11) is 0. The molecule has 0 saturated heterocycles. The van der Waals surface area contributed by atoms with Crippen molar-refractivity contribution in [2.24, 2.45) is 5.92 Å². The van der Waals surface area contributed by atoms with E-state index in [1.165, 1.54) is 12.6 Å². The highest BCUT2D eigenvalue weighted by molar-refractivity contribution is 6.30. The van der Waals surface area contributed by atoms with Gasteiger partial charge in [-0.2, -0.15) is 5.26 Å². The number of rotatable bonds is 3. The fourth-order valence-electron chi connectivity index (χ4n) is 2.45. The normalized spacial score (nSPS) is 17.5. The first kappa shape index (κ1) is 13.8. The average Bonchev–Trinajstić information content (AvgIpc) is 2.46. The molecular weight excluding hydrogens is 262 g/mol. The molecule has 0 aromatic carbocycles. The number of nitriles is 1. The van der Waals surface area contributed by atoms with Crippen molar-refractivity contribution < 1.29 is 4.79 Å². The number of hydrogen-bond donors (Lipinski definition) is 1. The summed E-state index contributed by atoms with van der Waals surface area (Å²) in [4.78, 5) is 16.0. The van der Waals surface area contributed by atoms with Crippen LogP contribution in [0.4, 0.5) is 0 Å². The Morgan fingerprint density at radius 1 is 1.42 bits per heavy atom. The topological polar surface area (TPSA) is 65.8 Å². The van der Waals surface area contributed by atoms with Gasteiger partial charge < -0.3 is 5.32 Å². The molecular formula is C14H16ClN3O. The Morgan fingerprint density at radius 2 is 2.16 bits per heavy atom. The van der Waals surface area contributed by atoms with Crippen LogP contribution < -0.4 is 5.32 Å². The van der Waals surface area contributed by atoms with Crippen molar-refractivity contribution >= 4 is 17.5 Å². The van der Waals surface area contributed by atoms with Gasteiger partial charge >= 0.3 is 0 Å². The van der Waals surface area contributed by atoms with Gasteiger partial charge in [0.1, 0.15) is 11.7 Å². The standard InChI is InChI=1S/C14H16ClN3O/c15-11-6-7-12(17-9-11)14(19)18-13(8-16)10-4-2-1-3-5-10/h6-7,9-10,13H,1-5H2,(H,18,19). The highest BCUT2D eigenvalue weighted by atomic mass is 35.5. The van der Waals surface area contributed by atoms with Gasteiger partial charge in [0.25, 0.3) is 5.91 Å². The first-order chi connectivity index (χ1) is 9.20. The predicted molar refractivity (Wildman–Crippen MR) is 72.7 cm³/mol. The van der Waals surface area contributed by atoms with E-state index < -0.39 is 6.04 Å². The molecule has 2 rings (SSSR count). The maximum atomic E-state index is 12.0. The fraction of sp³-hybridized carbons (Fsp3) is 0.500. The molecule has 1 heterocycles. The number of nitrogens with zero attached hydrogens (tertiary/aromatic N) is 2. The van der Waals surface area contributed by atoms with E-state index in [1.54, 1.807) is 12.1 Å². The van der Waals surface area contributed by atoms with Crippen LogP contribution in [0.1, 0.15) is 42.6 Å². The Bertz CT molecular complexity index is 474. The molecule has 1 aromatic heterocycles. The zero-order valence-corrected chi connectivity index (χ0v) is 11.4. The van der Waals surface area contributed by atoms with Gasteiger partial charge in [-0.25, -0.2) is 4.98 Å². The quantitative estimate of drug-likeness (QED) is 0.924. The molecule has 1 saturated carbocycles. The molecule has 1 N–H and O–H groups in total. The minimum Gasteiger partial charge on any atom is -0.335 e. The molecule has 1 atom stereocenters. The van der Waals surface area contributed by atoms with E-state index in [-0.39, 0.29) is 11.8 Å². The molecule has 1 fully saturated rings. The minimum absolute atomic E-state index is 0.259. The zero-order valence-electron chi connectivity index (χ0n) is 10.6. The Morgan fingerprint density at radius 3 is 2.74 bits per heavy atom. The van der Waals surface area contributed by atoms with E-state index in [0.29, 0.717) is 10.7 Å². The first-order valence-corrected chi connectivity index (χ1v) is 6.90. The van der Waals surface area contributed by atoms with E-state index in [9.17, 15) is 10.1 Å². The largest absolute Gasteiger partial charge is 0.335 e. The molecule has 1 aliphatic carbocycles. The van der Waals surface area contributed by atoms with E-state index in [4.69, 9.17) is 11.6 Å². The van der Waals surface area contributed by atoms with Crippen LogP contribution in [-0.4, -0.2) is 16.9 Å². The van der Waals surface area contributed by atoms with Crippen LogP contribution in [0.15, 0.2) is 18.3 Å². The Kier molecular flexibility index (Phi) is 4.75. The van der Waals surface area contributed by atoms with Crippen LogP contribution >= 0.6 is 11.6 Å². The molecule has 0 spiro atoms. The molecule has 100 valence electrons. The number of aromatic nitrogens is 1. The molecule has 0 aliphatic heterocycles. The van der Waals surface area contributed by atoms with Crippen LogP contribution in [0, 0.1) is 17.2 Å².